The van der Waals surface area contributed by atoms with E-state index in [0.717, 1.165) is 32.3 Å². The fourth-order valence-corrected chi connectivity index (χ4v) is 5.79. The molecule has 0 saturated heterocycles. The van der Waals surface area contributed by atoms with Gasteiger partial charge in [0.25, 0.3) is 0 Å². The number of thiophene rings is 1. The number of aromatic nitrogens is 2. The van der Waals surface area contributed by atoms with E-state index in [0.29, 0.717) is 11.1 Å². The van der Waals surface area contributed by atoms with Crippen molar-refractivity contribution in [2.75, 3.05) is 0 Å². The van der Waals surface area contributed by atoms with Gasteiger partial charge in [0.2, 0.25) is 0 Å². The minimum Gasteiger partial charge on any atom is -0.501 e. The van der Waals surface area contributed by atoms with Crippen molar-refractivity contribution in [2.45, 2.75) is 34.6 Å². The fourth-order valence-electron chi connectivity index (χ4n) is 4.58. The summed E-state index contributed by atoms with van der Waals surface area (Å²) in [7, 11) is 0. The van der Waals surface area contributed by atoms with E-state index < -0.39 is 0 Å². The third kappa shape index (κ3) is 5.13. The van der Waals surface area contributed by atoms with Crippen LogP contribution in [-0.2, 0) is 20.1 Å². The maximum atomic E-state index is 8.23. The second-order valence-electron chi connectivity index (χ2n) is 9.68. The van der Waals surface area contributed by atoms with E-state index in [4.69, 9.17) is 9.90 Å². The first-order valence-corrected chi connectivity index (χ1v) is 13.5. The molecule has 7 rings (SSSR count). The van der Waals surface area contributed by atoms with Crippen LogP contribution in [0, 0.1) is 46.8 Å². The Morgan fingerprint density at radius 1 is 0.875 bits per heavy atom. The van der Waals surface area contributed by atoms with Gasteiger partial charge in [-0.25, -0.2) is 0 Å². The average Bonchev–Trinajstić information content (AvgIpc) is 3.52. The molecule has 0 spiro atoms. The summed E-state index contributed by atoms with van der Waals surface area (Å²) in [6.45, 7) is 10.5. The molecule has 201 valence electrons. The Labute approximate surface area is 257 Å². The van der Waals surface area contributed by atoms with Crippen molar-refractivity contribution < 1.29 is 30.0 Å². The molecule has 0 N–H and O–H groups in total. The van der Waals surface area contributed by atoms with E-state index >= 15 is 0 Å². The first-order chi connectivity index (χ1) is 20.5. The maximum Gasteiger partial charge on any atom is 0.122 e. The molecule has 4 aromatic heterocycles. The van der Waals surface area contributed by atoms with Crippen molar-refractivity contribution >= 4 is 43.4 Å². The standard InChI is InChI=1S/C21H14NOS.C14H14N.Ir/c1-12-13(2)24-21-14(12)9-10-18-19(21)16-7-5-6-15(20(16)23-18)17-8-3-4-11-22-17;1-10-4-6-13(7-5-10)14-8-11(2)12(3)9-15-14;/h3-5,7-11H,1-2H3;4-6,8-9H,1-3H3;/q2*-1;/i3D,4D,8D,11D;;. The third-order valence-electron chi connectivity index (χ3n) is 7.06. The van der Waals surface area contributed by atoms with Crippen LogP contribution in [0.3, 0.4) is 0 Å². The molecular weight excluding hydrogens is 689 g/mol. The number of rotatable bonds is 2. The van der Waals surface area contributed by atoms with Gasteiger partial charge in [-0.1, -0.05) is 41.6 Å². The second-order valence-corrected chi connectivity index (χ2v) is 10.9. The molecule has 0 amide bonds. The van der Waals surface area contributed by atoms with Crippen LogP contribution in [0.15, 0.2) is 83.4 Å². The zero-order valence-electron chi connectivity index (χ0n) is 26.7. The normalized spacial score (nSPS) is 12.3. The van der Waals surface area contributed by atoms with Crippen molar-refractivity contribution in [1.82, 2.24) is 9.97 Å². The Morgan fingerprint density at radius 2 is 1.73 bits per heavy atom. The van der Waals surface area contributed by atoms with E-state index in [1.807, 2.05) is 24.4 Å². The van der Waals surface area contributed by atoms with Crippen LogP contribution in [0.4, 0.5) is 0 Å². The quantitative estimate of drug-likeness (QED) is 0.167. The Hall–Kier alpha value is -3.63. The van der Waals surface area contributed by atoms with E-state index in [1.165, 1.54) is 32.5 Å². The third-order valence-corrected chi connectivity index (χ3v) is 8.30. The van der Waals surface area contributed by atoms with E-state index in [2.05, 4.69) is 81.0 Å². The number of pyridine rings is 2. The summed E-state index contributed by atoms with van der Waals surface area (Å²) in [5.41, 5.74) is 8.91. The van der Waals surface area contributed by atoms with Gasteiger partial charge in [-0.3, -0.25) is 0 Å². The smallest absolute Gasteiger partial charge is 0.122 e. The molecule has 3 aromatic carbocycles. The number of hydrogen-bond acceptors (Lipinski definition) is 4. The molecule has 0 atom stereocenters. The van der Waals surface area contributed by atoms with Gasteiger partial charge in [0.05, 0.1) is 11.1 Å². The predicted octanol–water partition coefficient (Wildman–Crippen LogP) is 9.75. The summed E-state index contributed by atoms with van der Waals surface area (Å²) in [5.74, 6) is 0. The Balaban J connectivity index is 0.000000204. The van der Waals surface area contributed by atoms with Gasteiger partial charge < -0.3 is 14.4 Å². The summed E-state index contributed by atoms with van der Waals surface area (Å²) in [4.78, 5) is 9.76. The number of hydrogen-bond donors (Lipinski definition) is 0. The molecule has 0 aliphatic carbocycles. The van der Waals surface area contributed by atoms with Crippen LogP contribution in [-0.4, -0.2) is 9.97 Å². The van der Waals surface area contributed by atoms with Gasteiger partial charge in [-0.05, 0) is 73.8 Å². The number of nitrogens with zero attached hydrogens (tertiary/aromatic N) is 2. The molecule has 0 saturated carbocycles. The van der Waals surface area contributed by atoms with Crippen molar-refractivity contribution in [1.29, 1.82) is 0 Å². The Kier molecular flexibility index (Phi) is 6.62. The molecule has 0 aliphatic heterocycles. The zero-order chi connectivity index (χ0) is 30.6. The van der Waals surface area contributed by atoms with Crippen molar-refractivity contribution in [3.8, 4) is 22.5 Å². The second kappa shape index (κ2) is 11.5. The van der Waals surface area contributed by atoms with Crippen LogP contribution in [0.25, 0.3) is 54.5 Å². The molecule has 0 unspecified atom stereocenters. The minimum absolute atomic E-state index is 0. The van der Waals surface area contributed by atoms with Gasteiger partial charge in [-0.2, -0.15) is 0 Å². The van der Waals surface area contributed by atoms with Gasteiger partial charge in [0.15, 0.2) is 0 Å². The van der Waals surface area contributed by atoms with Crippen LogP contribution in [0.2, 0.25) is 0 Å². The predicted molar refractivity (Wildman–Crippen MR) is 163 cm³/mol. The monoisotopic (exact) mass is 721 g/mol. The number of furan rings is 1. The summed E-state index contributed by atoms with van der Waals surface area (Å²) in [5, 5.41) is 3.11. The van der Waals surface area contributed by atoms with Crippen LogP contribution in [0.1, 0.15) is 32.6 Å². The molecule has 40 heavy (non-hydrogen) atoms. The van der Waals surface area contributed by atoms with Gasteiger partial charge >= 0.3 is 0 Å². The average molecular weight is 721 g/mol. The van der Waals surface area contributed by atoms with Crippen LogP contribution < -0.4 is 0 Å². The molecule has 7 aromatic rings. The Morgan fingerprint density at radius 3 is 2.50 bits per heavy atom. The topological polar surface area (TPSA) is 38.9 Å². The first-order valence-electron chi connectivity index (χ1n) is 14.7. The molecule has 1 radical (unpaired) electrons. The van der Waals surface area contributed by atoms with Crippen LogP contribution >= 0.6 is 11.3 Å². The summed E-state index contributed by atoms with van der Waals surface area (Å²) >= 11 is 1.73. The number of benzene rings is 3. The van der Waals surface area contributed by atoms with E-state index in [-0.39, 0.29) is 50.1 Å². The SMILES string of the molecule is Cc1c[c-]c(-c2cc(C)c(C)cn2)cc1.[2H]c1nc(-c2[c-]ccc3c2oc2ccc4c(C)c(C)sc4c23)c([2H])c([2H])c1[2H].[Ir]. The van der Waals surface area contributed by atoms with E-state index in [1.54, 1.807) is 17.4 Å². The molecular formula is C35H28IrN2OS-2. The van der Waals surface area contributed by atoms with Gasteiger partial charge in [-0.15, -0.1) is 64.9 Å². The van der Waals surface area contributed by atoms with Crippen molar-refractivity contribution in [3.63, 3.8) is 0 Å². The fraction of sp³-hybridized carbons (Fsp3) is 0.143. The molecule has 3 nitrogen and oxygen atoms in total. The molecule has 5 heteroatoms. The van der Waals surface area contributed by atoms with Gasteiger partial charge in [0, 0.05) is 47.4 Å². The largest absolute Gasteiger partial charge is 0.501 e. The summed E-state index contributed by atoms with van der Waals surface area (Å²) in [6, 6.07) is 21.4. The van der Waals surface area contributed by atoms with Crippen molar-refractivity contribution in [3.05, 3.63) is 118 Å². The molecule has 0 fully saturated rings. The summed E-state index contributed by atoms with van der Waals surface area (Å²) in [6.07, 6.45) is 1.59. The molecule has 0 bridgehead atoms. The summed E-state index contributed by atoms with van der Waals surface area (Å²) < 4.78 is 39.0. The first kappa shape index (κ1) is 23.1. The number of fused-ring (bicyclic) bond motifs is 5. The minimum atomic E-state index is -0.350. The maximum absolute atomic E-state index is 8.23. The van der Waals surface area contributed by atoms with Crippen LogP contribution in [0.5, 0.6) is 0 Å². The molecule has 0 aliphatic rings. The number of aryl methyl sites for hydroxylation is 5. The van der Waals surface area contributed by atoms with Crippen molar-refractivity contribution in [2.24, 2.45) is 0 Å². The Bertz CT molecular complexity index is 2190. The molecule has 4 heterocycles. The van der Waals surface area contributed by atoms with E-state index in [9.17, 15) is 0 Å². The van der Waals surface area contributed by atoms with Gasteiger partial charge in [0.1, 0.15) is 5.58 Å². The zero-order valence-corrected chi connectivity index (χ0v) is 26.0.